The van der Waals surface area contributed by atoms with Gasteiger partial charge in [0.1, 0.15) is 0 Å². The third-order valence-corrected chi connectivity index (χ3v) is 3.56. The molecule has 1 aromatic carbocycles. The molecule has 0 atom stereocenters. The molecule has 0 radical (unpaired) electrons. The molecule has 6 nitrogen and oxygen atoms in total. The lowest BCUT2D eigenvalue weighted by molar-refractivity contribution is 0.102. The largest absolute Gasteiger partial charge is 0.320 e. The Morgan fingerprint density at radius 1 is 1.12 bits per heavy atom. The van der Waals surface area contributed by atoms with Crippen molar-refractivity contribution in [1.29, 1.82) is 0 Å². The lowest BCUT2D eigenvalue weighted by Crippen LogP contribution is -2.29. The summed E-state index contributed by atoms with van der Waals surface area (Å²) in [5.74, 6) is -0.109. The highest BCUT2D eigenvalue weighted by Crippen LogP contribution is 2.15. The second-order valence-corrected chi connectivity index (χ2v) is 5.97. The van der Waals surface area contributed by atoms with Crippen LogP contribution in [-0.2, 0) is 6.54 Å². The number of rotatable bonds is 4. The first-order valence-electron chi connectivity index (χ1n) is 7.77. The minimum Gasteiger partial charge on any atom is -0.320 e. The molecule has 24 heavy (non-hydrogen) atoms. The van der Waals surface area contributed by atoms with Crippen LogP contribution in [-0.4, -0.2) is 20.7 Å². The van der Waals surface area contributed by atoms with E-state index in [2.05, 4.69) is 15.4 Å². The molecule has 2 heterocycles. The average Bonchev–Trinajstić information content (AvgIpc) is 2.58. The van der Waals surface area contributed by atoms with Crippen LogP contribution in [0.25, 0.3) is 10.8 Å². The van der Waals surface area contributed by atoms with Gasteiger partial charge < -0.3 is 5.32 Å². The Morgan fingerprint density at radius 3 is 2.46 bits per heavy atom. The van der Waals surface area contributed by atoms with Crippen molar-refractivity contribution in [2.45, 2.75) is 20.4 Å². The van der Waals surface area contributed by atoms with Gasteiger partial charge in [-0.1, -0.05) is 32.0 Å². The molecule has 0 spiro atoms. The Bertz CT molecular complexity index is 933. The molecule has 3 aromatic rings. The number of hydrogen-bond acceptors (Lipinski definition) is 4. The fraction of sp³-hybridized carbons (Fsp3) is 0.222. The first-order valence-corrected chi connectivity index (χ1v) is 7.77. The molecular weight excluding hydrogens is 304 g/mol. The van der Waals surface area contributed by atoms with Crippen molar-refractivity contribution in [3.8, 4) is 0 Å². The molecule has 0 aliphatic carbocycles. The van der Waals surface area contributed by atoms with Gasteiger partial charge in [-0.05, 0) is 24.1 Å². The Hall–Kier alpha value is -3.02. The molecule has 3 rings (SSSR count). The van der Waals surface area contributed by atoms with Crippen LogP contribution in [0.15, 0.2) is 53.6 Å². The Balaban J connectivity index is 2.10. The van der Waals surface area contributed by atoms with Gasteiger partial charge >= 0.3 is 0 Å². The van der Waals surface area contributed by atoms with Crippen molar-refractivity contribution >= 4 is 22.4 Å². The molecule has 0 fully saturated rings. The van der Waals surface area contributed by atoms with E-state index in [0.29, 0.717) is 23.0 Å². The first-order chi connectivity index (χ1) is 11.6. The Morgan fingerprint density at radius 2 is 1.79 bits per heavy atom. The molecule has 0 aliphatic rings. The normalized spacial score (nSPS) is 11.0. The van der Waals surface area contributed by atoms with Crippen LogP contribution in [0.3, 0.4) is 0 Å². The smallest absolute Gasteiger partial charge is 0.276 e. The summed E-state index contributed by atoms with van der Waals surface area (Å²) in [6.45, 7) is 4.46. The summed E-state index contributed by atoms with van der Waals surface area (Å²) >= 11 is 0. The molecule has 122 valence electrons. The predicted octanol–water partition coefficient (Wildman–Crippen LogP) is 2.70. The van der Waals surface area contributed by atoms with E-state index in [-0.39, 0.29) is 23.1 Å². The lowest BCUT2D eigenvalue weighted by atomic mass is 10.1. The molecule has 6 heteroatoms. The van der Waals surface area contributed by atoms with Gasteiger partial charge in [0.2, 0.25) is 0 Å². The lowest BCUT2D eigenvalue weighted by Gasteiger charge is -2.12. The number of carbonyl (C=O) groups excluding carboxylic acids is 1. The van der Waals surface area contributed by atoms with Crippen LogP contribution in [0.5, 0.6) is 0 Å². The van der Waals surface area contributed by atoms with Crippen molar-refractivity contribution < 1.29 is 4.79 Å². The fourth-order valence-electron chi connectivity index (χ4n) is 2.50. The number of nitrogens with zero attached hydrogens (tertiary/aromatic N) is 3. The Labute approximate surface area is 139 Å². The molecule has 0 bridgehead atoms. The summed E-state index contributed by atoms with van der Waals surface area (Å²) < 4.78 is 1.37. The van der Waals surface area contributed by atoms with E-state index >= 15 is 0 Å². The highest BCUT2D eigenvalue weighted by Gasteiger charge is 2.17. The van der Waals surface area contributed by atoms with Gasteiger partial charge in [0.05, 0.1) is 5.39 Å². The van der Waals surface area contributed by atoms with Crippen LogP contribution in [0.2, 0.25) is 0 Å². The molecule has 0 aliphatic heterocycles. The topological polar surface area (TPSA) is 76.9 Å². The number of amides is 1. The van der Waals surface area contributed by atoms with Crippen LogP contribution in [0, 0.1) is 5.92 Å². The van der Waals surface area contributed by atoms with E-state index in [0.717, 1.165) is 0 Å². The third-order valence-electron chi connectivity index (χ3n) is 3.56. The summed E-state index contributed by atoms with van der Waals surface area (Å²) in [5.41, 5.74) is 0.685. The van der Waals surface area contributed by atoms with Crippen molar-refractivity contribution in [3.63, 3.8) is 0 Å². The minimum absolute atomic E-state index is 0.181. The number of benzene rings is 1. The number of pyridine rings is 1. The second-order valence-electron chi connectivity index (χ2n) is 5.97. The van der Waals surface area contributed by atoms with E-state index in [9.17, 15) is 9.59 Å². The SMILES string of the molecule is CC(C)Cn1nc(C(=O)Nc2ccncc2)c2ccccc2c1=O. The summed E-state index contributed by atoms with van der Waals surface area (Å²) in [6.07, 6.45) is 3.20. The number of anilines is 1. The van der Waals surface area contributed by atoms with Crippen molar-refractivity contribution in [3.05, 3.63) is 64.8 Å². The van der Waals surface area contributed by atoms with E-state index in [1.165, 1.54) is 4.68 Å². The zero-order valence-corrected chi connectivity index (χ0v) is 13.6. The van der Waals surface area contributed by atoms with E-state index in [4.69, 9.17) is 0 Å². The van der Waals surface area contributed by atoms with Crippen molar-refractivity contribution in [2.75, 3.05) is 5.32 Å². The van der Waals surface area contributed by atoms with Gasteiger partial charge in [-0.25, -0.2) is 4.68 Å². The fourth-order valence-corrected chi connectivity index (χ4v) is 2.50. The summed E-state index contributed by atoms with van der Waals surface area (Å²) in [5, 5.41) is 8.15. The average molecular weight is 322 g/mol. The van der Waals surface area contributed by atoms with Gasteiger partial charge in [-0.2, -0.15) is 5.10 Å². The van der Waals surface area contributed by atoms with Crippen molar-refractivity contribution in [1.82, 2.24) is 14.8 Å². The number of aromatic nitrogens is 3. The number of hydrogen-bond donors (Lipinski definition) is 1. The van der Waals surface area contributed by atoms with E-state index in [1.54, 1.807) is 48.8 Å². The predicted molar refractivity (Wildman–Crippen MR) is 93.0 cm³/mol. The molecule has 1 N–H and O–H groups in total. The molecule has 2 aromatic heterocycles. The molecule has 0 saturated carbocycles. The second kappa shape index (κ2) is 6.62. The van der Waals surface area contributed by atoms with Gasteiger partial charge in [-0.3, -0.25) is 14.6 Å². The highest BCUT2D eigenvalue weighted by molar-refractivity contribution is 6.11. The number of nitrogens with one attached hydrogen (secondary N) is 1. The maximum atomic E-state index is 12.7. The molecular formula is C18H18N4O2. The minimum atomic E-state index is -0.352. The molecule has 0 saturated heterocycles. The van der Waals surface area contributed by atoms with Crippen molar-refractivity contribution in [2.24, 2.45) is 5.92 Å². The summed E-state index contributed by atoms with van der Waals surface area (Å²) in [4.78, 5) is 29.1. The molecule has 0 unspecified atom stereocenters. The van der Waals surface area contributed by atoms with Gasteiger partial charge in [0, 0.05) is 30.0 Å². The third kappa shape index (κ3) is 3.17. The highest BCUT2D eigenvalue weighted by atomic mass is 16.2. The Kier molecular flexibility index (Phi) is 4.37. The summed E-state index contributed by atoms with van der Waals surface area (Å²) in [7, 11) is 0. The zero-order chi connectivity index (χ0) is 17.1. The maximum Gasteiger partial charge on any atom is 0.276 e. The van der Waals surface area contributed by atoms with Crippen LogP contribution in [0.1, 0.15) is 24.3 Å². The zero-order valence-electron chi connectivity index (χ0n) is 13.6. The van der Waals surface area contributed by atoms with Crippen LogP contribution in [0.4, 0.5) is 5.69 Å². The summed E-state index contributed by atoms with van der Waals surface area (Å²) in [6, 6.07) is 10.4. The number of carbonyl (C=O) groups is 1. The van der Waals surface area contributed by atoms with Crippen LogP contribution >= 0.6 is 0 Å². The maximum absolute atomic E-state index is 12.7. The quantitative estimate of drug-likeness (QED) is 0.801. The van der Waals surface area contributed by atoms with E-state index < -0.39 is 0 Å². The molecule has 1 amide bonds. The number of fused-ring (bicyclic) bond motifs is 1. The van der Waals surface area contributed by atoms with Crippen LogP contribution < -0.4 is 10.9 Å². The van der Waals surface area contributed by atoms with Gasteiger partial charge in [-0.15, -0.1) is 0 Å². The van der Waals surface area contributed by atoms with E-state index in [1.807, 2.05) is 13.8 Å². The standard InChI is InChI=1S/C18H18N4O2/c1-12(2)11-22-18(24)15-6-4-3-5-14(15)16(21-22)17(23)20-13-7-9-19-10-8-13/h3-10,12H,11H2,1-2H3,(H,19,20,23). The monoisotopic (exact) mass is 322 g/mol. The van der Waals surface area contributed by atoms with Gasteiger partial charge in [0.15, 0.2) is 5.69 Å². The first kappa shape index (κ1) is 15.9. The van der Waals surface area contributed by atoms with Gasteiger partial charge in [0.25, 0.3) is 11.5 Å².